The van der Waals surface area contributed by atoms with Crippen molar-refractivity contribution in [2.75, 3.05) is 7.11 Å². The summed E-state index contributed by atoms with van der Waals surface area (Å²) in [5.41, 5.74) is -2.15. The molecule has 0 aliphatic rings. The van der Waals surface area contributed by atoms with E-state index in [1.165, 1.54) is 13.2 Å². The molecule has 0 saturated heterocycles. The Balaban J connectivity index is 2.64. The number of methoxy groups -OCH3 is 1. The standard InChI is InChI=1S/C15H9NO8/c1-23-9-2-5-7(17)3-6(14(19)20)16-12(5)13-11(9)8(18)4-10(24-13)15(21)22/h2-4H,1H3,(H,16,17)(H,19,20)(H,21,22). The van der Waals surface area contributed by atoms with Gasteiger partial charge in [-0.25, -0.2) is 9.59 Å². The topological polar surface area (TPSA) is 147 Å². The molecule has 0 amide bonds. The van der Waals surface area contributed by atoms with Crippen LogP contribution in [-0.2, 0) is 0 Å². The fraction of sp³-hybridized carbons (Fsp3) is 0.0667. The normalized spacial score (nSPS) is 10.9. The predicted octanol–water partition coefficient (Wildman–Crippen LogP) is 1.04. The number of ether oxygens (including phenoxy) is 1. The first-order chi connectivity index (χ1) is 11.3. The van der Waals surface area contributed by atoms with E-state index in [4.69, 9.17) is 19.4 Å². The van der Waals surface area contributed by atoms with Crippen molar-refractivity contribution < 1.29 is 29.0 Å². The van der Waals surface area contributed by atoms with E-state index in [1.807, 2.05) is 0 Å². The van der Waals surface area contributed by atoms with Crippen molar-refractivity contribution in [3.05, 3.63) is 50.1 Å². The second kappa shape index (κ2) is 5.23. The van der Waals surface area contributed by atoms with E-state index in [9.17, 15) is 19.2 Å². The molecule has 122 valence electrons. The van der Waals surface area contributed by atoms with Gasteiger partial charge < -0.3 is 24.4 Å². The number of carboxylic acid groups (broad SMARTS) is 2. The van der Waals surface area contributed by atoms with Gasteiger partial charge in [0.2, 0.25) is 5.76 Å². The third kappa shape index (κ3) is 2.19. The molecule has 3 aromatic rings. The first kappa shape index (κ1) is 15.3. The molecule has 0 bridgehead atoms. The Morgan fingerprint density at radius 1 is 1.08 bits per heavy atom. The highest BCUT2D eigenvalue weighted by Gasteiger charge is 2.20. The monoisotopic (exact) mass is 331 g/mol. The number of pyridine rings is 1. The van der Waals surface area contributed by atoms with E-state index >= 15 is 0 Å². The molecule has 0 fully saturated rings. The third-order valence-electron chi connectivity index (χ3n) is 3.43. The zero-order valence-electron chi connectivity index (χ0n) is 12.1. The van der Waals surface area contributed by atoms with Crippen LogP contribution in [0, 0.1) is 0 Å². The summed E-state index contributed by atoms with van der Waals surface area (Å²) < 4.78 is 10.3. The number of fused-ring (bicyclic) bond motifs is 3. The number of aromatic carboxylic acids is 2. The maximum atomic E-state index is 12.2. The van der Waals surface area contributed by atoms with E-state index in [0.717, 1.165) is 12.1 Å². The van der Waals surface area contributed by atoms with Gasteiger partial charge in [-0.05, 0) is 6.07 Å². The average molecular weight is 331 g/mol. The number of nitrogens with one attached hydrogen (secondary N) is 1. The Bertz CT molecular complexity index is 1140. The zero-order chi connectivity index (χ0) is 17.6. The number of hydrogen-bond donors (Lipinski definition) is 3. The van der Waals surface area contributed by atoms with Gasteiger partial charge in [0, 0.05) is 12.1 Å². The Morgan fingerprint density at radius 2 is 1.79 bits per heavy atom. The smallest absolute Gasteiger partial charge is 0.371 e. The minimum atomic E-state index is -1.48. The zero-order valence-corrected chi connectivity index (χ0v) is 12.1. The summed E-state index contributed by atoms with van der Waals surface area (Å²) in [4.78, 5) is 49.1. The van der Waals surface area contributed by atoms with Crippen LogP contribution in [0.1, 0.15) is 21.0 Å². The summed E-state index contributed by atoms with van der Waals surface area (Å²) in [5.74, 6) is -3.52. The lowest BCUT2D eigenvalue weighted by atomic mass is 10.1. The number of carbonyl (C=O) groups is 2. The molecular formula is C15H9NO8. The maximum absolute atomic E-state index is 12.2. The molecule has 9 nitrogen and oxygen atoms in total. The SMILES string of the molecule is COc1cc2c(=O)cc(C(=O)O)[nH]c2c2oc(C(=O)O)cc(=O)c12. The Labute approximate surface area is 131 Å². The molecule has 0 aliphatic carbocycles. The number of rotatable bonds is 3. The first-order valence-corrected chi connectivity index (χ1v) is 6.52. The molecule has 9 heteroatoms. The van der Waals surface area contributed by atoms with Crippen LogP contribution in [0.15, 0.2) is 32.2 Å². The van der Waals surface area contributed by atoms with Crippen LogP contribution < -0.4 is 15.6 Å². The largest absolute Gasteiger partial charge is 0.496 e. The molecule has 1 aromatic carbocycles. The van der Waals surface area contributed by atoms with Crippen molar-refractivity contribution in [3.8, 4) is 5.75 Å². The summed E-state index contributed by atoms with van der Waals surface area (Å²) in [6.07, 6.45) is 0. The van der Waals surface area contributed by atoms with Gasteiger partial charge in [0.15, 0.2) is 16.4 Å². The molecule has 2 aromatic heterocycles. The number of benzene rings is 1. The number of H-pyrrole nitrogens is 1. The van der Waals surface area contributed by atoms with Gasteiger partial charge in [-0.15, -0.1) is 0 Å². The van der Waals surface area contributed by atoms with Gasteiger partial charge >= 0.3 is 11.9 Å². The maximum Gasteiger partial charge on any atom is 0.371 e. The Kier molecular flexibility index (Phi) is 3.33. The summed E-state index contributed by atoms with van der Waals surface area (Å²) >= 11 is 0. The van der Waals surface area contributed by atoms with Crippen LogP contribution in [0.3, 0.4) is 0 Å². The second-order valence-corrected chi connectivity index (χ2v) is 4.84. The molecule has 3 N–H and O–H groups in total. The molecule has 0 spiro atoms. The highest BCUT2D eigenvalue weighted by molar-refractivity contribution is 6.06. The van der Waals surface area contributed by atoms with Crippen molar-refractivity contribution in [3.63, 3.8) is 0 Å². The number of hydrogen-bond acceptors (Lipinski definition) is 6. The highest BCUT2D eigenvalue weighted by atomic mass is 16.5. The lowest BCUT2D eigenvalue weighted by molar-refractivity contribution is 0.0659. The molecule has 3 rings (SSSR count). The van der Waals surface area contributed by atoms with Crippen LogP contribution in [0.25, 0.3) is 21.9 Å². The summed E-state index contributed by atoms with van der Waals surface area (Å²) in [6.45, 7) is 0. The minimum Gasteiger partial charge on any atom is -0.496 e. The number of aromatic amines is 1. The van der Waals surface area contributed by atoms with E-state index in [0.29, 0.717) is 0 Å². The van der Waals surface area contributed by atoms with E-state index in [1.54, 1.807) is 0 Å². The molecule has 0 unspecified atom stereocenters. The van der Waals surface area contributed by atoms with E-state index in [2.05, 4.69) is 4.98 Å². The molecule has 2 heterocycles. The van der Waals surface area contributed by atoms with Gasteiger partial charge in [-0.3, -0.25) is 9.59 Å². The fourth-order valence-electron chi connectivity index (χ4n) is 2.38. The van der Waals surface area contributed by atoms with Crippen molar-refractivity contribution in [1.82, 2.24) is 4.98 Å². The summed E-state index contributed by atoms with van der Waals surface area (Å²) in [7, 11) is 1.27. The van der Waals surface area contributed by atoms with E-state index < -0.39 is 34.3 Å². The lowest BCUT2D eigenvalue weighted by Crippen LogP contribution is -2.12. The average Bonchev–Trinajstić information content (AvgIpc) is 2.53. The fourth-order valence-corrected chi connectivity index (χ4v) is 2.38. The van der Waals surface area contributed by atoms with Crippen molar-refractivity contribution in [2.24, 2.45) is 0 Å². The molecule has 0 aliphatic heterocycles. The Morgan fingerprint density at radius 3 is 2.38 bits per heavy atom. The van der Waals surface area contributed by atoms with Gasteiger partial charge in [-0.1, -0.05) is 0 Å². The number of aromatic nitrogens is 1. The quantitative estimate of drug-likeness (QED) is 0.603. The molecule has 0 radical (unpaired) electrons. The van der Waals surface area contributed by atoms with Crippen LogP contribution in [0.4, 0.5) is 0 Å². The van der Waals surface area contributed by atoms with Crippen molar-refractivity contribution >= 4 is 33.8 Å². The van der Waals surface area contributed by atoms with Crippen LogP contribution in [0.5, 0.6) is 5.75 Å². The van der Waals surface area contributed by atoms with Crippen molar-refractivity contribution in [1.29, 1.82) is 0 Å². The van der Waals surface area contributed by atoms with E-state index in [-0.39, 0.29) is 27.6 Å². The van der Waals surface area contributed by atoms with Gasteiger partial charge in [0.1, 0.15) is 16.8 Å². The molecule has 0 saturated carbocycles. The van der Waals surface area contributed by atoms with Crippen LogP contribution in [-0.4, -0.2) is 34.2 Å². The summed E-state index contributed by atoms with van der Waals surface area (Å²) in [5, 5.41) is 18.0. The second-order valence-electron chi connectivity index (χ2n) is 4.84. The Hall–Kier alpha value is -3.62. The summed E-state index contributed by atoms with van der Waals surface area (Å²) in [6, 6.07) is 2.91. The van der Waals surface area contributed by atoms with Gasteiger partial charge in [-0.2, -0.15) is 0 Å². The van der Waals surface area contributed by atoms with Crippen molar-refractivity contribution in [2.45, 2.75) is 0 Å². The molecular weight excluding hydrogens is 322 g/mol. The van der Waals surface area contributed by atoms with Crippen LogP contribution in [0.2, 0.25) is 0 Å². The molecule has 24 heavy (non-hydrogen) atoms. The van der Waals surface area contributed by atoms with Gasteiger partial charge in [0.25, 0.3) is 0 Å². The molecule has 0 atom stereocenters. The lowest BCUT2D eigenvalue weighted by Gasteiger charge is -2.09. The highest BCUT2D eigenvalue weighted by Crippen LogP contribution is 2.29. The third-order valence-corrected chi connectivity index (χ3v) is 3.43. The van der Waals surface area contributed by atoms with Crippen LogP contribution >= 0.6 is 0 Å². The van der Waals surface area contributed by atoms with Gasteiger partial charge in [0.05, 0.1) is 18.0 Å². The first-order valence-electron chi connectivity index (χ1n) is 6.52. The number of carboxylic acids is 2. The minimum absolute atomic E-state index is 0.00459. The predicted molar refractivity (Wildman–Crippen MR) is 81.1 cm³/mol.